The monoisotopic (exact) mass is 328 g/mol. The van der Waals surface area contributed by atoms with E-state index in [9.17, 15) is 9.59 Å². The van der Waals surface area contributed by atoms with E-state index < -0.39 is 18.1 Å². The van der Waals surface area contributed by atoms with E-state index in [1.165, 1.54) is 7.11 Å². The highest BCUT2D eigenvalue weighted by atomic mass is 35.5. The molecule has 22 heavy (non-hydrogen) atoms. The molecule has 0 aromatic heterocycles. The first-order valence-corrected chi connectivity index (χ1v) is 7.11. The van der Waals surface area contributed by atoms with E-state index >= 15 is 0 Å². The summed E-state index contributed by atoms with van der Waals surface area (Å²) in [5.74, 6) is -0.515. The van der Waals surface area contributed by atoms with E-state index in [2.05, 4.69) is 5.32 Å². The minimum Gasteiger partial charge on any atom is -0.467 e. The second kappa shape index (κ2) is 10.2. The Morgan fingerprint density at radius 2 is 1.82 bits per heavy atom. The summed E-state index contributed by atoms with van der Waals surface area (Å²) in [6.45, 7) is 3.96. The van der Waals surface area contributed by atoms with E-state index in [0.29, 0.717) is 12.8 Å². The fourth-order valence-corrected chi connectivity index (χ4v) is 2.07. The summed E-state index contributed by atoms with van der Waals surface area (Å²) in [6, 6.07) is 8.20. The third-order valence-corrected chi connectivity index (χ3v) is 3.14. The molecule has 1 aromatic rings. The van der Waals surface area contributed by atoms with Crippen LogP contribution in [0.4, 0.5) is 0 Å². The van der Waals surface area contributed by atoms with Crippen molar-refractivity contribution >= 4 is 24.3 Å². The highest BCUT2D eigenvalue weighted by Crippen LogP contribution is 2.07. The third kappa shape index (κ3) is 6.91. The largest absolute Gasteiger partial charge is 0.467 e. The summed E-state index contributed by atoms with van der Waals surface area (Å²) in [4.78, 5) is 23.8. The van der Waals surface area contributed by atoms with Crippen molar-refractivity contribution in [2.75, 3.05) is 7.11 Å². The van der Waals surface area contributed by atoms with Crippen LogP contribution in [-0.2, 0) is 20.7 Å². The molecule has 0 bridgehead atoms. The van der Waals surface area contributed by atoms with Gasteiger partial charge in [-0.05, 0) is 24.3 Å². The number of esters is 1. The number of halogens is 1. The van der Waals surface area contributed by atoms with Crippen LogP contribution >= 0.6 is 12.4 Å². The number of hydrogen-bond donors (Lipinski definition) is 2. The quantitative estimate of drug-likeness (QED) is 0.746. The third-order valence-electron chi connectivity index (χ3n) is 3.14. The lowest BCUT2D eigenvalue weighted by atomic mass is 10.0. The molecule has 0 heterocycles. The van der Waals surface area contributed by atoms with Crippen molar-refractivity contribution in [3.63, 3.8) is 0 Å². The van der Waals surface area contributed by atoms with Crippen LogP contribution in [0.25, 0.3) is 0 Å². The zero-order valence-corrected chi connectivity index (χ0v) is 14.1. The lowest BCUT2D eigenvalue weighted by Gasteiger charge is -2.20. The summed E-state index contributed by atoms with van der Waals surface area (Å²) in [5.41, 5.74) is 6.89. The molecule has 1 unspecified atom stereocenters. The number of carbonyl (C=O) groups excluding carboxylic acids is 2. The van der Waals surface area contributed by atoms with Gasteiger partial charge in [0.25, 0.3) is 0 Å². The first kappa shape index (κ1) is 20.4. The lowest BCUT2D eigenvalue weighted by Crippen LogP contribution is -2.49. The number of benzene rings is 1. The van der Waals surface area contributed by atoms with Gasteiger partial charge >= 0.3 is 5.97 Å². The molecule has 6 heteroatoms. The average Bonchev–Trinajstić information content (AvgIpc) is 2.46. The van der Waals surface area contributed by atoms with Gasteiger partial charge in [-0.2, -0.15) is 0 Å². The van der Waals surface area contributed by atoms with Gasteiger partial charge in [0, 0.05) is 0 Å². The zero-order chi connectivity index (χ0) is 15.8. The van der Waals surface area contributed by atoms with Gasteiger partial charge in [0.05, 0.1) is 13.2 Å². The van der Waals surface area contributed by atoms with Crippen LogP contribution in [0.15, 0.2) is 30.3 Å². The lowest BCUT2D eigenvalue weighted by molar-refractivity contribution is -0.145. The van der Waals surface area contributed by atoms with Crippen LogP contribution in [0, 0.1) is 5.92 Å². The molecule has 0 aliphatic carbocycles. The number of methoxy groups -OCH3 is 1. The zero-order valence-electron chi connectivity index (χ0n) is 13.2. The summed E-state index contributed by atoms with van der Waals surface area (Å²) >= 11 is 0. The molecule has 0 radical (unpaired) electrons. The normalized spacial score (nSPS) is 13.0. The molecule has 0 spiro atoms. The van der Waals surface area contributed by atoms with Gasteiger partial charge < -0.3 is 15.8 Å². The fourth-order valence-electron chi connectivity index (χ4n) is 2.07. The standard InChI is InChI=1S/C16H24N2O3.ClH/c1-11(2)9-14(16(20)21-3)18-15(19)13(17)10-12-7-5-4-6-8-12;/h4-8,11,13-14H,9-10,17H2,1-3H3,(H,18,19);1H/t13?,14-;/m0./s1. The molecule has 1 amide bonds. The van der Waals surface area contributed by atoms with Gasteiger partial charge in [-0.25, -0.2) is 4.79 Å². The Morgan fingerprint density at radius 3 is 2.32 bits per heavy atom. The molecule has 2 atom stereocenters. The highest BCUT2D eigenvalue weighted by Gasteiger charge is 2.25. The first-order valence-electron chi connectivity index (χ1n) is 7.11. The van der Waals surface area contributed by atoms with Gasteiger partial charge in [0.15, 0.2) is 0 Å². The van der Waals surface area contributed by atoms with Crippen molar-refractivity contribution in [2.24, 2.45) is 11.7 Å². The average molecular weight is 329 g/mol. The Bertz CT molecular complexity index is 466. The van der Waals surface area contributed by atoms with Crippen LogP contribution in [-0.4, -0.2) is 31.1 Å². The minimum absolute atomic E-state index is 0. The second-order valence-corrected chi connectivity index (χ2v) is 5.51. The van der Waals surface area contributed by atoms with Crippen molar-refractivity contribution in [1.82, 2.24) is 5.32 Å². The van der Waals surface area contributed by atoms with E-state index in [-0.39, 0.29) is 24.2 Å². The van der Waals surface area contributed by atoms with Crippen molar-refractivity contribution in [1.29, 1.82) is 0 Å². The summed E-state index contributed by atoms with van der Waals surface area (Å²) in [6.07, 6.45) is 0.957. The number of nitrogens with one attached hydrogen (secondary N) is 1. The van der Waals surface area contributed by atoms with E-state index in [1.54, 1.807) is 0 Å². The van der Waals surface area contributed by atoms with Gasteiger partial charge in [-0.1, -0.05) is 44.2 Å². The predicted octanol–water partition coefficient (Wildman–Crippen LogP) is 1.68. The Morgan fingerprint density at radius 1 is 1.23 bits per heavy atom. The molecule has 5 nitrogen and oxygen atoms in total. The van der Waals surface area contributed by atoms with Crippen LogP contribution in [0.3, 0.4) is 0 Å². The second-order valence-electron chi connectivity index (χ2n) is 5.51. The maximum atomic E-state index is 12.1. The molecule has 1 aromatic carbocycles. The number of amides is 1. The SMILES string of the molecule is COC(=O)[C@H](CC(C)C)NC(=O)C(N)Cc1ccccc1.Cl. The van der Waals surface area contributed by atoms with Gasteiger partial charge in [-0.15, -0.1) is 12.4 Å². The number of ether oxygens (including phenoxy) is 1. The Labute approximate surface area is 138 Å². The molecular weight excluding hydrogens is 304 g/mol. The van der Waals surface area contributed by atoms with E-state index in [1.807, 2.05) is 44.2 Å². The van der Waals surface area contributed by atoms with Gasteiger partial charge in [-0.3, -0.25) is 4.79 Å². The summed E-state index contributed by atoms with van der Waals surface area (Å²) in [5, 5.41) is 2.68. The van der Waals surface area contributed by atoms with Crippen LogP contribution in [0.5, 0.6) is 0 Å². The summed E-state index contributed by atoms with van der Waals surface area (Å²) < 4.78 is 4.72. The molecular formula is C16H25ClN2O3. The fraction of sp³-hybridized carbons (Fsp3) is 0.500. The predicted molar refractivity (Wildman–Crippen MR) is 88.8 cm³/mol. The van der Waals surface area contributed by atoms with Crippen LogP contribution in [0.1, 0.15) is 25.8 Å². The summed E-state index contributed by atoms with van der Waals surface area (Å²) in [7, 11) is 1.31. The Hall–Kier alpha value is -1.59. The Balaban J connectivity index is 0.00000441. The molecule has 3 N–H and O–H groups in total. The minimum atomic E-state index is -0.688. The highest BCUT2D eigenvalue weighted by molar-refractivity contribution is 5.87. The van der Waals surface area contributed by atoms with Crippen LogP contribution in [0.2, 0.25) is 0 Å². The molecule has 0 aliphatic rings. The molecule has 0 saturated heterocycles. The Kier molecular flexibility index (Phi) is 9.45. The number of hydrogen-bond acceptors (Lipinski definition) is 4. The number of carbonyl (C=O) groups is 2. The van der Waals surface area contributed by atoms with Gasteiger partial charge in [0.1, 0.15) is 6.04 Å². The first-order chi connectivity index (χ1) is 9.93. The van der Waals surface area contributed by atoms with Crippen molar-refractivity contribution in [3.8, 4) is 0 Å². The maximum absolute atomic E-state index is 12.1. The number of nitrogens with two attached hydrogens (primary N) is 1. The molecule has 124 valence electrons. The molecule has 0 fully saturated rings. The number of rotatable bonds is 7. The molecule has 1 rings (SSSR count). The van der Waals surface area contributed by atoms with Crippen molar-refractivity contribution in [3.05, 3.63) is 35.9 Å². The molecule has 0 saturated carbocycles. The van der Waals surface area contributed by atoms with E-state index in [0.717, 1.165) is 5.56 Å². The van der Waals surface area contributed by atoms with Crippen LogP contribution < -0.4 is 11.1 Å². The van der Waals surface area contributed by atoms with Crippen molar-refractivity contribution < 1.29 is 14.3 Å². The van der Waals surface area contributed by atoms with E-state index in [4.69, 9.17) is 10.5 Å². The maximum Gasteiger partial charge on any atom is 0.328 e. The topological polar surface area (TPSA) is 81.4 Å². The van der Waals surface area contributed by atoms with Crippen molar-refractivity contribution in [2.45, 2.75) is 38.8 Å². The smallest absolute Gasteiger partial charge is 0.328 e. The van der Waals surface area contributed by atoms with Gasteiger partial charge in [0.2, 0.25) is 5.91 Å². The molecule has 0 aliphatic heterocycles.